The fraction of sp³-hybridized carbons (Fsp3) is 0.300. The molecule has 1 aliphatic rings. The molecule has 1 amide bonds. The van der Waals surface area contributed by atoms with Gasteiger partial charge in [0.25, 0.3) is 5.91 Å². The lowest BCUT2D eigenvalue weighted by Gasteiger charge is -2.27. The predicted octanol–water partition coefficient (Wildman–Crippen LogP) is 3.98. The van der Waals surface area contributed by atoms with Crippen LogP contribution in [0.2, 0.25) is 0 Å². The largest absolute Gasteiger partial charge is 0.481 e. The minimum absolute atomic E-state index is 0.0928. The van der Waals surface area contributed by atoms with E-state index >= 15 is 0 Å². The van der Waals surface area contributed by atoms with Crippen LogP contribution in [0.3, 0.4) is 0 Å². The summed E-state index contributed by atoms with van der Waals surface area (Å²) in [5.74, 6) is -0.587. The highest BCUT2D eigenvalue weighted by molar-refractivity contribution is 5.98. The van der Waals surface area contributed by atoms with Crippen LogP contribution >= 0.6 is 0 Å². The zero-order valence-electron chi connectivity index (χ0n) is 13.9. The van der Waals surface area contributed by atoms with Gasteiger partial charge >= 0.3 is 5.97 Å². The van der Waals surface area contributed by atoms with Crippen LogP contribution in [0.5, 0.6) is 0 Å². The number of carbonyl (C=O) groups is 2. The van der Waals surface area contributed by atoms with E-state index in [4.69, 9.17) is 0 Å². The van der Waals surface area contributed by atoms with E-state index in [0.717, 1.165) is 11.1 Å². The Kier molecular flexibility index (Phi) is 4.38. The van der Waals surface area contributed by atoms with Gasteiger partial charge in [0, 0.05) is 12.1 Å². The first-order valence-corrected chi connectivity index (χ1v) is 8.18. The molecule has 0 unspecified atom stereocenters. The Morgan fingerprint density at radius 3 is 2.29 bits per heavy atom. The van der Waals surface area contributed by atoms with Crippen LogP contribution < -0.4 is 0 Å². The van der Waals surface area contributed by atoms with Gasteiger partial charge in [0.05, 0.1) is 12.5 Å². The molecule has 124 valence electrons. The van der Waals surface area contributed by atoms with Gasteiger partial charge in [-0.1, -0.05) is 56.3 Å². The highest BCUT2D eigenvalue weighted by Gasteiger charge is 2.34. The molecule has 0 aromatic heterocycles. The lowest BCUT2D eigenvalue weighted by Crippen LogP contribution is -2.30. The number of aliphatic carboxylic acids is 1. The molecule has 1 N–H and O–H groups in total. The molecule has 24 heavy (non-hydrogen) atoms. The van der Waals surface area contributed by atoms with E-state index in [0.29, 0.717) is 18.0 Å². The summed E-state index contributed by atoms with van der Waals surface area (Å²) in [6.07, 6.45) is -0.0965. The fourth-order valence-electron chi connectivity index (χ4n) is 3.21. The van der Waals surface area contributed by atoms with Crippen LogP contribution in [-0.4, -0.2) is 21.9 Å². The average Bonchev–Trinajstić information content (AvgIpc) is 2.90. The second kappa shape index (κ2) is 6.48. The van der Waals surface area contributed by atoms with E-state index in [9.17, 15) is 14.7 Å². The molecule has 0 saturated heterocycles. The number of benzene rings is 2. The van der Waals surface area contributed by atoms with Gasteiger partial charge in [-0.3, -0.25) is 9.59 Å². The molecule has 2 aromatic carbocycles. The van der Waals surface area contributed by atoms with Gasteiger partial charge < -0.3 is 10.0 Å². The van der Waals surface area contributed by atoms with Crippen molar-refractivity contribution < 1.29 is 14.7 Å². The van der Waals surface area contributed by atoms with Crippen molar-refractivity contribution in [2.45, 2.75) is 38.8 Å². The van der Waals surface area contributed by atoms with Crippen LogP contribution in [0.4, 0.5) is 0 Å². The number of fused-ring (bicyclic) bond motifs is 1. The number of rotatable bonds is 5. The zero-order chi connectivity index (χ0) is 17.3. The van der Waals surface area contributed by atoms with Crippen LogP contribution in [0.15, 0.2) is 48.5 Å². The van der Waals surface area contributed by atoms with Gasteiger partial charge in [0.15, 0.2) is 0 Å². The Balaban J connectivity index is 1.93. The second-order valence-electron chi connectivity index (χ2n) is 6.53. The molecular weight excluding hydrogens is 302 g/mol. The molecule has 0 spiro atoms. The molecule has 4 nitrogen and oxygen atoms in total. The average molecular weight is 323 g/mol. The SMILES string of the molecule is CC(C)c1ccc([C@@H](CC(=O)O)N2Cc3ccccc3C2=O)cc1. The first-order chi connectivity index (χ1) is 11.5. The van der Waals surface area contributed by atoms with E-state index in [-0.39, 0.29) is 12.3 Å². The van der Waals surface area contributed by atoms with Crippen LogP contribution in [0.1, 0.15) is 59.3 Å². The maximum absolute atomic E-state index is 12.7. The van der Waals surface area contributed by atoms with Crippen molar-refractivity contribution in [2.75, 3.05) is 0 Å². The molecule has 1 heterocycles. The van der Waals surface area contributed by atoms with E-state index in [2.05, 4.69) is 13.8 Å². The summed E-state index contributed by atoms with van der Waals surface area (Å²) in [4.78, 5) is 25.7. The predicted molar refractivity (Wildman–Crippen MR) is 91.8 cm³/mol. The summed E-state index contributed by atoms with van der Waals surface area (Å²) in [5, 5.41) is 9.31. The molecule has 0 bridgehead atoms. The van der Waals surface area contributed by atoms with Crippen molar-refractivity contribution >= 4 is 11.9 Å². The molecule has 2 aromatic rings. The van der Waals surface area contributed by atoms with Crippen LogP contribution in [0.25, 0.3) is 0 Å². The van der Waals surface area contributed by atoms with Crippen LogP contribution in [-0.2, 0) is 11.3 Å². The smallest absolute Gasteiger partial charge is 0.305 e. The monoisotopic (exact) mass is 323 g/mol. The second-order valence-corrected chi connectivity index (χ2v) is 6.53. The first kappa shape index (κ1) is 16.2. The van der Waals surface area contributed by atoms with Crippen molar-refractivity contribution in [3.05, 3.63) is 70.8 Å². The quantitative estimate of drug-likeness (QED) is 0.905. The summed E-state index contributed by atoms with van der Waals surface area (Å²) in [6.45, 7) is 4.69. The van der Waals surface area contributed by atoms with Crippen molar-refractivity contribution in [2.24, 2.45) is 0 Å². The molecular formula is C20H21NO3. The lowest BCUT2D eigenvalue weighted by atomic mass is 9.97. The first-order valence-electron chi connectivity index (χ1n) is 8.18. The number of carbonyl (C=O) groups excluding carboxylic acids is 1. The van der Waals surface area contributed by atoms with Crippen molar-refractivity contribution in [3.8, 4) is 0 Å². The number of amides is 1. The minimum Gasteiger partial charge on any atom is -0.481 e. The highest BCUT2D eigenvalue weighted by Crippen LogP contribution is 2.33. The maximum atomic E-state index is 12.7. The van der Waals surface area contributed by atoms with Gasteiger partial charge in [-0.05, 0) is 28.7 Å². The minimum atomic E-state index is -0.906. The fourth-order valence-corrected chi connectivity index (χ4v) is 3.21. The summed E-state index contributed by atoms with van der Waals surface area (Å²) in [5.41, 5.74) is 3.69. The number of hydrogen-bond donors (Lipinski definition) is 1. The maximum Gasteiger partial charge on any atom is 0.305 e. The van der Waals surface area contributed by atoms with Crippen molar-refractivity contribution in [3.63, 3.8) is 0 Å². The van der Waals surface area contributed by atoms with Gasteiger partial charge in [-0.25, -0.2) is 0 Å². The summed E-state index contributed by atoms with van der Waals surface area (Å²) < 4.78 is 0. The Hall–Kier alpha value is -2.62. The van der Waals surface area contributed by atoms with Gasteiger partial charge in [0.1, 0.15) is 0 Å². The van der Waals surface area contributed by atoms with E-state index in [1.807, 2.05) is 42.5 Å². The topological polar surface area (TPSA) is 57.6 Å². The lowest BCUT2D eigenvalue weighted by molar-refractivity contribution is -0.138. The number of nitrogens with zero attached hydrogens (tertiary/aromatic N) is 1. The third-order valence-corrected chi connectivity index (χ3v) is 4.58. The molecule has 4 heteroatoms. The van der Waals surface area contributed by atoms with Gasteiger partial charge in [-0.2, -0.15) is 0 Å². The molecule has 1 aliphatic heterocycles. The third kappa shape index (κ3) is 3.04. The normalized spacial score (nSPS) is 14.8. The number of carboxylic acids is 1. The molecule has 0 radical (unpaired) electrons. The molecule has 0 saturated carbocycles. The van der Waals surface area contributed by atoms with Crippen molar-refractivity contribution in [1.29, 1.82) is 0 Å². The summed E-state index contributed by atoms with van der Waals surface area (Å²) in [6, 6.07) is 14.9. The van der Waals surface area contributed by atoms with E-state index in [1.54, 1.807) is 11.0 Å². The highest BCUT2D eigenvalue weighted by atomic mass is 16.4. The Morgan fingerprint density at radius 1 is 1.08 bits per heavy atom. The summed E-state index contributed by atoms with van der Waals surface area (Å²) in [7, 11) is 0. The van der Waals surface area contributed by atoms with Crippen LogP contribution in [0, 0.1) is 0 Å². The standard InChI is InChI=1S/C20H21NO3/c1-13(2)14-7-9-15(10-8-14)18(11-19(22)23)21-12-16-5-3-4-6-17(16)20(21)24/h3-10,13,18H,11-12H2,1-2H3,(H,22,23)/t18-/m1/s1. The number of hydrogen-bond acceptors (Lipinski definition) is 2. The molecule has 1 atom stereocenters. The van der Waals surface area contributed by atoms with E-state index < -0.39 is 12.0 Å². The van der Waals surface area contributed by atoms with E-state index in [1.165, 1.54) is 5.56 Å². The Labute approximate surface area is 141 Å². The molecule has 0 aliphatic carbocycles. The molecule has 3 rings (SSSR count). The Bertz CT molecular complexity index is 765. The zero-order valence-corrected chi connectivity index (χ0v) is 13.9. The third-order valence-electron chi connectivity index (χ3n) is 4.58. The van der Waals surface area contributed by atoms with Crippen molar-refractivity contribution in [1.82, 2.24) is 4.90 Å². The molecule has 0 fully saturated rings. The summed E-state index contributed by atoms with van der Waals surface area (Å²) >= 11 is 0. The van der Waals surface area contributed by atoms with Gasteiger partial charge in [-0.15, -0.1) is 0 Å². The number of carboxylic acid groups (broad SMARTS) is 1. The van der Waals surface area contributed by atoms with Gasteiger partial charge in [0.2, 0.25) is 0 Å². The Morgan fingerprint density at radius 2 is 1.71 bits per heavy atom.